The minimum Gasteiger partial charge on any atom is -0.478 e. The Morgan fingerprint density at radius 2 is 2.33 bits per heavy atom. The maximum absolute atomic E-state index is 10.5. The van der Waals surface area contributed by atoms with Crippen LogP contribution in [-0.2, 0) is 9.59 Å². The molecule has 3 nitrogen and oxygen atoms in total. The van der Waals surface area contributed by atoms with Crippen molar-refractivity contribution in [2.75, 3.05) is 0 Å². The molecule has 0 fully saturated rings. The topological polar surface area (TPSA) is 54.4 Å². The van der Waals surface area contributed by atoms with Crippen LogP contribution in [0.25, 0.3) is 0 Å². The molecule has 0 aliphatic carbocycles. The van der Waals surface area contributed by atoms with E-state index < -0.39 is 15.5 Å². The second-order valence-electron chi connectivity index (χ2n) is 2.72. The average molecular weight is 186 g/mol. The predicted molar refractivity (Wildman–Crippen MR) is 50.7 cm³/mol. The van der Waals surface area contributed by atoms with E-state index in [2.05, 4.69) is 6.58 Å². The maximum Gasteiger partial charge on any atom is 0.330 e. The highest BCUT2D eigenvalue weighted by molar-refractivity contribution is 6.69. The fraction of sp³-hybridized carbons (Fsp3) is 0.500. The van der Waals surface area contributed by atoms with Crippen molar-refractivity contribution in [2.24, 2.45) is 0 Å². The Kier molecular flexibility index (Phi) is 5.28. The number of hydrogen-bond donors (Lipinski definition) is 1. The van der Waals surface area contributed by atoms with E-state index in [9.17, 15) is 9.59 Å². The van der Waals surface area contributed by atoms with Crippen molar-refractivity contribution in [1.29, 1.82) is 0 Å². The van der Waals surface area contributed by atoms with Crippen LogP contribution >= 0.6 is 0 Å². The van der Waals surface area contributed by atoms with Gasteiger partial charge in [-0.15, -0.1) is 0 Å². The summed E-state index contributed by atoms with van der Waals surface area (Å²) >= 11 is 0. The number of carbonyl (C=O) groups is 2. The van der Waals surface area contributed by atoms with Crippen molar-refractivity contribution in [3.63, 3.8) is 0 Å². The van der Waals surface area contributed by atoms with Crippen LogP contribution in [0, 0.1) is 0 Å². The Morgan fingerprint density at radius 3 is 2.67 bits per heavy atom. The summed E-state index contributed by atoms with van der Waals surface area (Å²) in [4.78, 5) is 20.7. The normalized spacial score (nSPS) is 13.1. The Labute approximate surface area is 74.3 Å². The summed E-state index contributed by atoms with van der Waals surface area (Å²) in [5, 5.41) is 8.61. The quantitative estimate of drug-likeness (QED) is 0.375. The van der Waals surface area contributed by atoms with Gasteiger partial charge in [-0.3, -0.25) is 0 Å². The summed E-state index contributed by atoms with van der Waals surface area (Å²) in [5.74, 6) is -0.0862. The van der Waals surface area contributed by atoms with Gasteiger partial charge < -0.3 is 9.90 Å². The van der Waals surface area contributed by atoms with Crippen LogP contribution in [0.1, 0.15) is 19.8 Å². The number of rotatable bonds is 6. The molecule has 0 saturated carbocycles. The van der Waals surface area contributed by atoms with Gasteiger partial charge in [-0.25, -0.2) is 4.79 Å². The molecule has 0 radical (unpaired) electrons. The summed E-state index contributed by atoms with van der Waals surface area (Å²) in [5.41, 5.74) is 0.153. The van der Waals surface area contributed by atoms with E-state index in [0.29, 0.717) is 0 Å². The maximum atomic E-state index is 10.5. The predicted octanol–water partition coefficient (Wildman–Crippen LogP) is 0.575. The van der Waals surface area contributed by atoms with Gasteiger partial charge in [0, 0.05) is 5.57 Å². The van der Waals surface area contributed by atoms with Gasteiger partial charge in [0.2, 0.25) is 0 Å². The second-order valence-corrected chi connectivity index (χ2v) is 4.51. The highest BCUT2D eigenvalue weighted by Gasteiger charge is 2.17. The standard InChI is InChI=1S/C8H14O3Si/c1-3-4-7(12-5-9)6(2)8(10)11/h5,7H,2-4,12H2,1H3,(H,10,11). The van der Waals surface area contributed by atoms with Gasteiger partial charge in [-0.1, -0.05) is 19.9 Å². The van der Waals surface area contributed by atoms with E-state index in [0.717, 1.165) is 18.8 Å². The molecule has 0 aromatic carbocycles. The van der Waals surface area contributed by atoms with Crippen LogP contribution in [0.15, 0.2) is 12.2 Å². The van der Waals surface area contributed by atoms with E-state index in [-0.39, 0.29) is 11.1 Å². The molecular formula is C8H14O3Si. The van der Waals surface area contributed by atoms with Crippen LogP contribution < -0.4 is 0 Å². The summed E-state index contributed by atoms with van der Waals surface area (Å²) in [7, 11) is -0.926. The summed E-state index contributed by atoms with van der Waals surface area (Å²) in [6, 6.07) is 0. The Balaban J connectivity index is 4.17. The molecule has 12 heavy (non-hydrogen) atoms. The van der Waals surface area contributed by atoms with Gasteiger partial charge >= 0.3 is 5.97 Å². The van der Waals surface area contributed by atoms with E-state index in [1.54, 1.807) is 0 Å². The molecule has 1 N–H and O–H groups in total. The summed E-state index contributed by atoms with van der Waals surface area (Å²) in [6.45, 7) is 5.44. The van der Waals surface area contributed by atoms with Gasteiger partial charge in [0.25, 0.3) is 0 Å². The monoisotopic (exact) mass is 186 g/mol. The molecule has 0 rings (SSSR count). The van der Waals surface area contributed by atoms with Crippen LogP contribution in [0.5, 0.6) is 0 Å². The van der Waals surface area contributed by atoms with Crippen LogP contribution in [-0.4, -0.2) is 26.5 Å². The van der Waals surface area contributed by atoms with Crippen molar-refractivity contribution in [3.05, 3.63) is 12.2 Å². The zero-order valence-electron chi connectivity index (χ0n) is 7.25. The molecule has 0 bridgehead atoms. The first kappa shape index (κ1) is 11.1. The van der Waals surface area contributed by atoms with Crippen molar-refractivity contribution in [3.8, 4) is 0 Å². The highest BCUT2D eigenvalue weighted by Crippen LogP contribution is 2.20. The number of aliphatic carboxylic acids is 1. The fourth-order valence-corrected chi connectivity index (χ4v) is 2.41. The van der Waals surface area contributed by atoms with Gasteiger partial charge in [0.15, 0.2) is 0 Å². The lowest BCUT2D eigenvalue weighted by atomic mass is 10.1. The number of carbonyl (C=O) groups excluding carboxylic acids is 1. The molecule has 4 heteroatoms. The lowest BCUT2D eigenvalue weighted by molar-refractivity contribution is -0.132. The summed E-state index contributed by atoms with van der Waals surface area (Å²) < 4.78 is 0. The number of carboxylic acids is 1. The first-order valence-electron chi connectivity index (χ1n) is 3.99. The molecule has 0 spiro atoms. The molecule has 0 aromatic rings. The molecule has 0 aliphatic heterocycles. The van der Waals surface area contributed by atoms with E-state index >= 15 is 0 Å². The Bertz CT molecular complexity index is 189. The van der Waals surface area contributed by atoms with Crippen molar-refractivity contribution >= 4 is 21.4 Å². The Morgan fingerprint density at radius 1 is 1.75 bits per heavy atom. The Hall–Kier alpha value is -0.903. The number of carboxylic acid groups (broad SMARTS) is 1. The van der Waals surface area contributed by atoms with E-state index in [1.807, 2.05) is 6.92 Å². The molecule has 1 atom stereocenters. The minimum absolute atomic E-state index is 0.0509. The van der Waals surface area contributed by atoms with Crippen LogP contribution in [0.4, 0.5) is 0 Å². The SMILES string of the molecule is C=C(C(=O)O)C(CCC)[SiH2]C=O. The van der Waals surface area contributed by atoms with Gasteiger partial charge in [-0.2, -0.15) is 0 Å². The minimum atomic E-state index is -0.970. The first-order valence-corrected chi connectivity index (χ1v) is 5.62. The van der Waals surface area contributed by atoms with Crippen molar-refractivity contribution in [1.82, 2.24) is 0 Å². The molecule has 68 valence electrons. The third-order valence-electron chi connectivity index (χ3n) is 1.79. The van der Waals surface area contributed by atoms with Crippen LogP contribution in [0.2, 0.25) is 5.54 Å². The third kappa shape index (κ3) is 3.48. The largest absolute Gasteiger partial charge is 0.478 e. The molecule has 0 aromatic heterocycles. The highest BCUT2D eigenvalue weighted by atomic mass is 28.2. The molecule has 0 saturated heterocycles. The molecule has 1 unspecified atom stereocenters. The lowest BCUT2D eigenvalue weighted by Crippen LogP contribution is -2.13. The van der Waals surface area contributed by atoms with Gasteiger partial charge in [0.1, 0.15) is 9.52 Å². The van der Waals surface area contributed by atoms with Gasteiger partial charge in [-0.05, 0) is 12.0 Å². The van der Waals surface area contributed by atoms with E-state index in [4.69, 9.17) is 5.11 Å². The first-order chi connectivity index (χ1) is 5.63. The third-order valence-corrected chi connectivity index (χ3v) is 3.45. The average Bonchev–Trinajstić information content (AvgIpc) is 2.03. The molecular weight excluding hydrogens is 172 g/mol. The van der Waals surface area contributed by atoms with Crippen molar-refractivity contribution < 1.29 is 14.7 Å². The summed E-state index contributed by atoms with van der Waals surface area (Å²) in [6.07, 6.45) is 1.67. The molecule has 0 amide bonds. The second kappa shape index (κ2) is 5.71. The molecule has 0 heterocycles. The zero-order chi connectivity index (χ0) is 9.56. The zero-order valence-corrected chi connectivity index (χ0v) is 8.66. The molecule has 0 aliphatic rings. The van der Waals surface area contributed by atoms with E-state index in [1.165, 1.54) is 0 Å². The lowest BCUT2D eigenvalue weighted by Gasteiger charge is -2.11. The number of hydrogen-bond acceptors (Lipinski definition) is 2. The fourth-order valence-electron chi connectivity index (χ4n) is 1.07. The smallest absolute Gasteiger partial charge is 0.330 e. The van der Waals surface area contributed by atoms with Crippen LogP contribution in [0.3, 0.4) is 0 Å². The van der Waals surface area contributed by atoms with Crippen molar-refractivity contribution in [2.45, 2.75) is 25.3 Å². The van der Waals surface area contributed by atoms with Gasteiger partial charge in [0.05, 0.1) is 5.91 Å².